The molecule has 2 aromatic rings. The first kappa shape index (κ1) is 13.3. The summed E-state index contributed by atoms with van der Waals surface area (Å²) in [5.74, 6) is 0.706. The third-order valence-corrected chi connectivity index (χ3v) is 3.25. The van der Waals surface area contributed by atoms with Gasteiger partial charge < -0.3 is 11.5 Å². The van der Waals surface area contributed by atoms with Crippen molar-refractivity contribution in [3.05, 3.63) is 18.2 Å². The Hall–Kier alpha value is -2.11. The molecule has 0 fully saturated rings. The quantitative estimate of drug-likeness (QED) is 0.804. The van der Waals surface area contributed by atoms with Crippen LogP contribution in [0.2, 0.25) is 0 Å². The van der Waals surface area contributed by atoms with Crippen LogP contribution in [0, 0.1) is 0 Å². The second-order valence-corrected chi connectivity index (χ2v) is 4.64. The molecular formula is C13H20N6. The van der Waals surface area contributed by atoms with Crippen molar-refractivity contribution >= 4 is 11.4 Å². The molecule has 0 aliphatic rings. The fourth-order valence-electron chi connectivity index (χ4n) is 2.23. The molecule has 0 bridgehead atoms. The van der Waals surface area contributed by atoms with E-state index in [1.807, 2.05) is 16.8 Å². The minimum Gasteiger partial charge on any atom is -0.399 e. The molecule has 102 valence electrons. The van der Waals surface area contributed by atoms with Crippen LogP contribution < -0.4 is 11.5 Å². The van der Waals surface area contributed by atoms with Gasteiger partial charge in [-0.25, -0.2) is 4.68 Å². The lowest BCUT2D eigenvalue weighted by Crippen LogP contribution is -2.12. The molecule has 6 nitrogen and oxygen atoms in total. The normalized spacial score (nSPS) is 12.5. The Morgan fingerprint density at radius 2 is 2.05 bits per heavy atom. The summed E-state index contributed by atoms with van der Waals surface area (Å²) in [5.41, 5.74) is 13.8. The zero-order chi connectivity index (χ0) is 13.8. The van der Waals surface area contributed by atoms with E-state index in [0.717, 1.165) is 24.8 Å². The van der Waals surface area contributed by atoms with Gasteiger partial charge in [-0.15, -0.1) is 5.10 Å². The number of anilines is 2. The molecule has 0 spiro atoms. The second-order valence-electron chi connectivity index (χ2n) is 4.64. The monoisotopic (exact) mass is 260 g/mol. The zero-order valence-corrected chi connectivity index (χ0v) is 11.4. The first-order chi connectivity index (χ1) is 9.17. The van der Waals surface area contributed by atoms with Crippen LogP contribution in [0.5, 0.6) is 0 Å². The summed E-state index contributed by atoms with van der Waals surface area (Å²) in [4.78, 5) is 0. The molecule has 0 saturated heterocycles. The van der Waals surface area contributed by atoms with E-state index in [2.05, 4.69) is 29.4 Å². The number of hydrogen-bond donors (Lipinski definition) is 2. The highest BCUT2D eigenvalue weighted by Gasteiger charge is 2.17. The molecule has 1 aromatic heterocycles. The predicted molar refractivity (Wildman–Crippen MR) is 76.3 cm³/mol. The molecular weight excluding hydrogens is 240 g/mol. The Morgan fingerprint density at radius 1 is 1.26 bits per heavy atom. The Labute approximate surface area is 112 Å². The first-order valence-electron chi connectivity index (χ1n) is 6.60. The second kappa shape index (κ2) is 5.69. The molecule has 0 aliphatic heterocycles. The number of hydrogen-bond acceptors (Lipinski definition) is 5. The van der Waals surface area contributed by atoms with Crippen LogP contribution in [0.25, 0.3) is 11.4 Å². The van der Waals surface area contributed by atoms with Gasteiger partial charge in [-0.1, -0.05) is 20.3 Å². The van der Waals surface area contributed by atoms with E-state index < -0.39 is 0 Å². The maximum absolute atomic E-state index is 6.01. The fourth-order valence-corrected chi connectivity index (χ4v) is 2.23. The molecule has 2 rings (SSSR count). The predicted octanol–water partition coefficient (Wildman–Crippen LogP) is 2.26. The van der Waals surface area contributed by atoms with Crippen LogP contribution in [-0.4, -0.2) is 20.2 Å². The number of tetrazole rings is 1. The van der Waals surface area contributed by atoms with Gasteiger partial charge in [0, 0.05) is 16.9 Å². The summed E-state index contributed by atoms with van der Waals surface area (Å²) in [6.07, 6.45) is 3.12. The first-order valence-corrected chi connectivity index (χ1v) is 6.60. The number of nitrogens with two attached hydrogens (primary N) is 2. The van der Waals surface area contributed by atoms with Crippen molar-refractivity contribution in [2.75, 3.05) is 11.5 Å². The topological polar surface area (TPSA) is 95.6 Å². The van der Waals surface area contributed by atoms with Gasteiger partial charge in [0.1, 0.15) is 0 Å². The Morgan fingerprint density at radius 3 is 2.68 bits per heavy atom. The molecule has 0 amide bonds. The van der Waals surface area contributed by atoms with E-state index in [9.17, 15) is 0 Å². The van der Waals surface area contributed by atoms with Crippen molar-refractivity contribution in [1.82, 2.24) is 20.2 Å². The van der Waals surface area contributed by atoms with E-state index >= 15 is 0 Å². The number of aromatic nitrogens is 4. The van der Waals surface area contributed by atoms with Crippen molar-refractivity contribution in [2.45, 2.75) is 39.2 Å². The Kier molecular flexibility index (Phi) is 3.99. The highest BCUT2D eigenvalue weighted by molar-refractivity contribution is 5.74. The number of nitrogens with zero attached hydrogens (tertiary/aromatic N) is 4. The van der Waals surface area contributed by atoms with Crippen molar-refractivity contribution < 1.29 is 0 Å². The maximum atomic E-state index is 6.01. The number of nitrogen functional groups attached to an aromatic ring is 2. The lowest BCUT2D eigenvalue weighted by Gasteiger charge is -2.16. The van der Waals surface area contributed by atoms with Gasteiger partial charge in [0.25, 0.3) is 0 Å². The third-order valence-electron chi connectivity index (χ3n) is 3.25. The van der Waals surface area contributed by atoms with Gasteiger partial charge in [-0.05, 0) is 41.5 Å². The van der Waals surface area contributed by atoms with Crippen molar-refractivity contribution in [3.63, 3.8) is 0 Å². The van der Waals surface area contributed by atoms with E-state index in [4.69, 9.17) is 11.5 Å². The maximum Gasteiger partial charge on any atom is 0.184 e. The summed E-state index contributed by atoms with van der Waals surface area (Å²) in [7, 11) is 0. The Bertz CT molecular complexity index is 548. The summed E-state index contributed by atoms with van der Waals surface area (Å²) in [5, 5.41) is 12.0. The molecule has 1 atom stereocenters. The van der Waals surface area contributed by atoms with Crippen LogP contribution in [0.4, 0.5) is 11.4 Å². The van der Waals surface area contributed by atoms with E-state index in [1.165, 1.54) is 0 Å². The molecule has 0 radical (unpaired) electrons. The largest absolute Gasteiger partial charge is 0.399 e. The van der Waals surface area contributed by atoms with Crippen LogP contribution in [-0.2, 0) is 0 Å². The van der Waals surface area contributed by atoms with Crippen LogP contribution in [0.1, 0.15) is 39.2 Å². The van der Waals surface area contributed by atoms with Gasteiger partial charge in [-0.3, -0.25) is 0 Å². The molecule has 1 unspecified atom stereocenters. The molecule has 0 aliphatic carbocycles. The summed E-state index contributed by atoms with van der Waals surface area (Å²) in [6, 6.07) is 5.71. The van der Waals surface area contributed by atoms with Crippen molar-refractivity contribution in [2.24, 2.45) is 0 Å². The molecule has 4 N–H and O–H groups in total. The zero-order valence-electron chi connectivity index (χ0n) is 11.4. The lowest BCUT2D eigenvalue weighted by atomic mass is 10.1. The molecule has 6 heteroatoms. The summed E-state index contributed by atoms with van der Waals surface area (Å²) in [6.45, 7) is 4.29. The smallest absolute Gasteiger partial charge is 0.184 e. The standard InChI is InChI=1S/C13H20N6/c1-3-5-10(4-2)19-13(16-17-18-19)11-7-6-9(14)8-12(11)15/h6-8,10H,3-5,14-15H2,1-2H3. The van der Waals surface area contributed by atoms with Crippen LogP contribution in [0.3, 0.4) is 0 Å². The molecule has 1 aromatic carbocycles. The minimum absolute atomic E-state index is 0.298. The Balaban J connectivity index is 2.43. The highest BCUT2D eigenvalue weighted by Crippen LogP contribution is 2.28. The van der Waals surface area contributed by atoms with E-state index in [-0.39, 0.29) is 0 Å². The van der Waals surface area contributed by atoms with E-state index in [0.29, 0.717) is 23.2 Å². The van der Waals surface area contributed by atoms with Gasteiger partial charge in [0.2, 0.25) is 0 Å². The van der Waals surface area contributed by atoms with Gasteiger partial charge in [-0.2, -0.15) is 0 Å². The van der Waals surface area contributed by atoms with Gasteiger partial charge in [0.15, 0.2) is 5.82 Å². The molecule has 19 heavy (non-hydrogen) atoms. The van der Waals surface area contributed by atoms with E-state index in [1.54, 1.807) is 6.07 Å². The summed E-state index contributed by atoms with van der Waals surface area (Å²) < 4.78 is 1.87. The summed E-state index contributed by atoms with van der Waals surface area (Å²) >= 11 is 0. The number of rotatable bonds is 5. The average Bonchev–Trinajstić information content (AvgIpc) is 2.85. The average molecular weight is 260 g/mol. The molecule has 0 saturated carbocycles. The van der Waals surface area contributed by atoms with Crippen molar-refractivity contribution in [1.29, 1.82) is 0 Å². The fraction of sp³-hybridized carbons (Fsp3) is 0.462. The van der Waals surface area contributed by atoms with Crippen LogP contribution in [0.15, 0.2) is 18.2 Å². The van der Waals surface area contributed by atoms with Gasteiger partial charge >= 0.3 is 0 Å². The van der Waals surface area contributed by atoms with Crippen LogP contribution >= 0.6 is 0 Å². The van der Waals surface area contributed by atoms with Crippen molar-refractivity contribution in [3.8, 4) is 11.4 Å². The third kappa shape index (κ3) is 2.67. The van der Waals surface area contributed by atoms with Gasteiger partial charge in [0.05, 0.1) is 6.04 Å². The SMILES string of the molecule is CCCC(CC)n1nnnc1-c1ccc(N)cc1N. The number of benzene rings is 1. The lowest BCUT2D eigenvalue weighted by molar-refractivity contribution is 0.404. The minimum atomic E-state index is 0.298. The highest BCUT2D eigenvalue weighted by atomic mass is 15.5. The molecule has 1 heterocycles.